The van der Waals surface area contributed by atoms with E-state index in [1.54, 1.807) is 36.4 Å². The van der Waals surface area contributed by atoms with Crippen LogP contribution >= 0.6 is 11.3 Å². The van der Waals surface area contributed by atoms with Gasteiger partial charge in [-0.15, -0.1) is 11.3 Å². The van der Waals surface area contributed by atoms with E-state index in [4.69, 9.17) is 0 Å². The van der Waals surface area contributed by atoms with Gasteiger partial charge in [0.15, 0.2) is 5.78 Å². The maximum Gasteiger partial charge on any atom is 0.193 e. The van der Waals surface area contributed by atoms with Crippen molar-refractivity contribution in [3.63, 3.8) is 0 Å². The van der Waals surface area contributed by atoms with E-state index in [0.29, 0.717) is 16.1 Å². The van der Waals surface area contributed by atoms with E-state index in [-0.39, 0.29) is 11.3 Å². The molecule has 1 heterocycles. The van der Waals surface area contributed by atoms with E-state index in [2.05, 4.69) is 4.98 Å². The lowest BCUT2D eigenvalue weighted by Gasteiger charge is -2.07. The van der Waals surface area contributed by atoms with Crippen LogP contribution in [0.1, 0.15) is 21.5 Å². The lowest BCUT2D eigenvalue weighted by molar-refractivity contribution is 0.103. The van der Waals surface area contributed by atoms with Crippen molar-refractivity contribution in [3.8, 4) is 10.6 Å². The molecule has 0 bridgehead atoms. The van der Waals surface area contributed by atoms with Gasteiger partial charge in [-0.3, -0.25) is 4.79 Å². The Morgan fingerprint density at radius 3 is 2.60 bits per heavy atom. The second-order valence-corrected chi connectivity index (χ2v) is 6.88. The van der Waals surface area contributed by atoms with Crippen LogP contribution in [0, 0.1) is 12.7 Å². The fourth-order valence-corrected chi connectivity index (χ4v) is 3.94. The van der Waals surface area contributed by atoms with Gasteiger partial charge in [-0.2, -0.15) is 0 Å². The van der Waals surface area contributed by atoms with Crippen LogP contribution < -0.4 is 0 Å². The molecule has 4 rings (SSSR count). The Morgan fingerprint density at radius 2 is 1.80 bits per heavy atom. The highest BCUT2D eigenvalue weighted by Crippen LogP contribution is 2.35. The molecule has 0 unspecified atom stereocenters. The third-order valence-electron chi connectivity index (χ3n) is 4.05. The number of hydrogen-bond acceptors (Lipinski definition) is 3. The van der Waals surface area contributed by atoms with Gasteiger partial charge >= 0.3 is 0 Å². The molecule has 0 N–H and O–H groups in total. The molecule has 2 nitrogen and oxygen atoms in total. The summed E-state index contributed by atoms with van der Waals surface area (Å²) in [5.74, 6) is -0.636. The summed E-state index contributed by atoms with van der Waals surface area (Å²) >= 11 is 1.40. The normalized spacial score (nSPS) is 11.0. The Morgan fingerprint density at radius 1 is 1.00 bits per heavy atom. The number of fused-ring (bicyclic) bond motifs is 1. The Balaban J connectivity index is 1.90. The first-order valence-electron chi connectivity index (χ1n) is 7.89. The molecular weight excluding hydrogens is 333 g/mol. The van der Waals surface area contributed by atoms with Gasteiger partial charge in [-0.1, -0.05) is 48.5 Å². The molecule has 0 radical (unpaired) electrons. The number of aromatic nitrogens is 1. The van der Waals surface area contributed by atoms with E-state index in [0.717, 1.165) is 15.8 Å². The minimum absolute atomic E-state index is 0.203. The summed E-state index contributed by atoms with van der Waals surface area (Å²) in [5.41, 5.74) is 3.08. The molecular formula is C21H14FNOS. The Bertz CT molecular complexity index is 1090. The molecule has 0 spiro atoms. The third-order valence-corrected chi connectivity index (χ3v) is 5.09. The van der Waals surface area contributed by atoms with Crippen molar-refractivity contribution >= 4 is 27.3 Å². The minimum atomic E-state index is -0.433. The number of halogens is 1. The van der Waals surface area contributed by atoms with Crippen LogP contribution in [-0.2, 0) is 0 Å². The molecule has 4 heteroatoms. The molecule has 0 aliphatic heterocycles. The van der Waals surface area contributed by atoms with E-state index >= 15 is 0 Å². The summed E-state index contributed by atoms with van der Waals surface area (Å²) in [6.07, 6.45) is 0. The average Bonchev–Trinajstić information content (AvgIpc) is 3.04. The van der Waals surface area contributed by atoms with Gasteiger partial charge in [0.25, 0.3) is 0 Å². The zero-order valence-corrected chi connectivity index (χ0v) is 14.3. The Kier molecular flexibility index (Phi) is 3.90. The highest BCUT2D eigenvalue weighted by molar-refractivity contribution is 7.21. The molecule has 0 aliphatic rings. The van der Waals surface area contributed by atoms with Crippen molar-refractivity contribution in [3.05, 3.63) is 89.2 Å². The lowest BCUT2D eigenvalue weighted by atomic mass is 9.98. The first-order chi connectivity index (χ1) is 12.1. The predicted octanol–water partition coefficient (Wildman–Crippen LogP) is 5.64. The van der Waals surface area contributed by atoms with Crippen molar-refractivity contribution in [2.75, 3.05) is 0 Å². The van der Waals surface area contributed by atoms with Crippen LogP contribution in [0.25, 0.3) is 20.8 Å². The molecule has 1 aromatic heterocycles. The molecule has 122 valence electrons. The van der Waals surface area contributed by atoms with E-state index in [1.807, 2.05) is 31.2 Å². The average molecular weight is 347 g/mol. The number of hydrogen-bond donors (Lipinski definition) is 0. The fourth-order valence-electron chi connectivity index (χ4n) is 2.81. The molecule has 3 aromatic carbocycles. The Labute approximate surface area is 148 Å². The monoisotopic (exact) mass is 347 g/mol. The summed E-state index contributed by atoms with van der Waals surface area (Å²) in [6.45, 7) is 2.01. The van der Waals surface area contributed by atoms with Gasteiger partial charge in [-0.05, 0) is 30.7 Å². The van der Waals surface area contributed by atoms with Gasteiger partial charge < -0.3 is 0 Å². The molecule has 0 saturated heterocycles. The number of nitrogens with zero attached hydrogens (tertiary/aromatic N) is 1. The SMILES string of the molecule is Cc1ccc2nc(-c3c(F)cccc3C(=O)c3ccccc3)sc2c1. The molecule has 0 saturated carbocycles. The van der Waals surface area contributed by atoms with Crippen LogP contribution in [0.15, 0.2) is 66.7 Å². The smallest absolute Gasteiger partial charge is 0.193 e. The molecule has 0 atom stereocenters. The molecule has 0 fully saturated rings. The van der Waals surface area contributed by atoms with Crippen molar-refractivity contribution in [1.29, 1.82) is 0 Å². The van der Waals surface area contributed by atoms with Crippen molar-refractivity contribution < 1.29 is 9.18 Å². The van der Waals surface area contributed by atoms with Gasteiger partial charge in [0.05, 0.1) is 15.8 Å². The van der Waals surface area contributed by atoms with Crippen LogP contribution in [0.3, 0.4) is 0 Å². The lowest BCUT2D eigenvalue weighted by Crippen LogP contribution is -2.04. The minimum Gasteiger partial charge on any atom is -0.289 e. The zero-order valence-electron chi connectivity index (χ0n) is 13.5. The van der Waals surface area contributed by atoms with E-state index < -0.39 is 5.82 Å². The van der Waals surface area contributed by atoms with Gasteiger partial charge in [0.2, 0.25) is 0 Å². The predicted molar refractivity (Wildman–Crippen MR) is 99.6 cm³/mol. The maximum atomic E-state index is 14.6. The first-order valence-corrected chi connectivity index (χ1v) is 8.71. The number of carbonyl (C=O) groups excluding carboxylic acids is 1. The molecule has 0 aliphatic carbocycles. The molecule has 0 amide bonds. The molecule has 25 heavy (non-hydrogen) atoms. The summed E-state index contributed by atoms with van der Waals surface area (Å²) in [7, 11) is 0. The number of thiazole rings is 1. The third kappa shape index (κ3) is 2.85. The zero-order chi connectivity index (χ0) is 17.4. The van der Waals surface area contributed by atoms with E-state index in [9.17, 15) is 9.18 Å². The van der Waals surface area contributed by atoms with Gasteiger partial charge in [0, 0.05) is 11.1 Å². The number of carbonyl (C=O) groups is 1. The first kappa shape index (κ1) is 15.7. The summed E-state index contributed by atoms with van der Waals surface area (Å²) in [6, 6.07) is 19.4. The van der Waals surface area contributed by atoms with Crippen molar-refractivity contribution in [1.82, 2.24) is 4.98 Å². The second-order valence-electron chi connectivity index (χ2n) is 5.85. The Hall–Kier alpha value is -2.85. The number of ketones is 1. The summed E-state index contributed by atoms with van der Waals surface area (Å²) < 4.78 is 15.6. The van der Waals surface area contributed by atoms with Crippen molar-refractivity contribution in [2.24, 2.45) is 0 Å². The highest BCUT2D eigenvalue weighted by atomic mass is 32.1. The topological polar surface area (TPSA) is 30.0 Å². The van der Waals surface area contributed by atoms with Crippen LogP contribution in [0.2, 0.25) is 0 Å². The standard InChI is InChI=1S/C21H14FNOS/c1-13-10-11-17-18(12-13)25-21(23-17)19-15(8-5-9-16(19)22)20(24)14-6-3-2-4-7-14/h2-12H,1H3. The summed E-state index contributed by atoms with van der Waals surface area (Å²) in [4.78, 5) is 17.4. The quantitative estimate of drug-likeness (QED) is 0.449. The van der Waals surface area contributed by atoms with Gasteiger partial charge in [-0.25, -0.2) is 9.37 Å². The number of rotatable bonds is 3. The maximum absolute atomic E-state index is 14.6. The number of benzene rings is 3. The number of aryl methyl sites for hydroxylation is 1. The largest absolute Gasteiger partial charge is 0.289 e. The molecule has 4 aromatic rings. The van der Waals surface area contributed by atoms with Crippen molar-refractivity contribution in [2.45, 2.75) is 6.92 Å². The van der Waals surface area contributed by atoms with Gasteiger partial charge in [0.1, 0.15) is 10.8 Å². The second kappa shape index (κ2) is 6.22. The van der Waals surface area contributed by atoms with Crippen LogP contribution in [0.5, 0.6) is 0 Å². The fraction of sp³-hybridized carbons (Fsp3) is 0.0476. The van der Waals surface area contributed by atoms with E-state index in [1.165, 1.54) is 17.4 Å². The highest BCUT2D eigenvalue weighted by Gasteiger charge is 2.20. The van der Waals surface area contributed by atoms with Crippen LogP contribution in [0.4, 0.5) is 4.39 Å². The summed E-state index contributed by atoms with van der Waals surface area (Å²) in [5, 5.41) is 0.526. The van der Waals surface area contributed by atoms with Crippen LogP contribution in [-0.4, -0.2) is 10.8 Å².